The SMILES string of the molecule is CCNC(=NCCCSC)N1CCC(OCC2CCCC2)CC1.I. The first-order chi connectivity index (χ1) is 11.3. The second-order valence-corrected chi connectivity index (χ2v) is 7.74. The highest BCUT2D eigenvalue weighted by Gasteiger charge is 2.23. The number of nitrogens with zero attached hydrogens (tertiary/aromatic N) is 2. The molecule has 0 aromatic rings. The summed E-state index contributed by atoms with van der Waals surface area (Å²) in [5.41, 5.74) is 0. The third kappa shape index (κ3) is 8.13. The van der Waals surface area contributed by atoms with Crippen molar-refractivity contribution in [2.24, 2.45) is 10.9 Å². The van der Waals surface area contributed by atoms with E-state index in [1.54, 1.807) is 0 Å². The molecule has 2 aliphatic rings. The standard InChI is InChI=1S/C18H35N3OS.HI/c1-3-19-18(20-11-6-14-23-2)21-12-9-17(10-13-21)22-15-16-7-4-5-8-16;/h16-17H,3-15H2,1-2H3,(H,19,20);1H. The molecule has 1 saturated carbocycles. The Kier molecular flexibility index (Phi) is 12.6. The Morgan fingerprint density at radius 2 is 1.92 bits per heavy atom. The molecule has 0 unspecified atom stereocenters. The Morgan fingerprint density at radius 3 is 2.54 bits per heavy atom. The Hall–Kier alpha value is 0.310. The van der Waals surface area contributed by atoms with Crippen molar-refractivity contribution < 1.29 is 4.74 Å². The zero-order valence-corrected chi connectivity index (χ0v) is 18.6. The van der Waals surface area contributed by atoms with Gasteiger partial charge in [-0.3, -0.25) is 4.99 Å². The van der Waals surface area contributed by atoms with Crippen molar-refractivity contribution in [3.8, 4) is 0 Å². The van der Waals surface area contributed by atoms with Crippen LogP contribution >= 0.6 is 35.7 Å². The van der Waals surface area contributed by atoms with Crippen LogP contribution in [-0.2, 0) is 4.74 Å². The van der Waals surface area contributed by atoms with Crippen molar-refractivity contribution in [1.29, 1.82) is 0 Å². The van der Waals surface area contributed by atoms with Gasteiger partial charge < -0.3 is 15.0 Å². The highest BCUT2D eigenvalue weighted by Crippen LogP contribution is 2.26. The number of guanidine groups is 1. The lowest BCUT2D eigenvalue weighted by Gasteiger charge is -2.34. The largest absolute Gasteiger partial charge is 0.378 e. The molecule has 1 saturated heterocycles. The lowest BCUT2D eigenvalue weighted by Crippen LogP contribution is -2.47. The van der Waals surface area contributed by atoms with Crippen LogP contribution in [0.4, 0.5) is 0 Å². The molecule has 2 fully saturated rings. The van der Waals surface area contributed by atoms with E-state index >= 15 is 0 Å². The van der Waals surface area contributed by atoms with Crippen molar-refractivity contribution >= 4 is 41.7 Å². The van der Waals surface area contributed by atoms with Crippen molar-refractivity contribution in [3.63, 3.8) is 0 Å². The van der Waals surface area contributed by atoms with E-state index in [0.717, 1.165) is 63.9 Å². The van der Waals surface area contributed by atoms with E-state index in [1.807, 2.05) is 11.8 Å². The van der Waals surface area contributed by atoms with Gasteiger partial charge in [-0.2, -0.15) is 11.8 Å². The molecule has 0 aromatic heterocycles. The highest BCUT2D eigenvalue weighted by atomic mass is 127. The first kappa shape index (κ1) is 22.4. The quantitative estimate of drug-likeness (QED) is 0.253. The third-order valence-electron chi connectivity index (χ3n) is 4.89. The van der Waals surface area contributed by atoms with Gasteiger partial charge in [0, 0.05) is 32.8 Å². The molecular formula is C18H36IN3OS. The number of hydrogen-bond acceptors (Lipinski definition) is 3. The zero-order chi connectivity index (χ0) is 16.3. The number of ether oxygens (including phenoxy) is 1. The van der Waals surface area contributed by atoms with Crippen LogP contribution in [0.25, 0.3) is 0 Å². The Bertz CT molecular complexity index is 343. The minimum atomic E-state index is 0. The van der Waals surface area contributed by atoms with Crippen LogP contribution in [-0.4, -0.2) is 61.8 Å². The van der Waals surface area contributed by atoms with E-state index < -0.39 is 0 Å². The molecule has 1 N–H and O–H groups in total. The van der Waals surface area contributed by atoms with Gasteiger partial charge in [0.2, 0.25) is 0 Å². The summed E-state index contributed by atoms with van der Waals surface area (Å²) in [5.74, 6) is 3.13. The van der Waals surface area contributed by atoms with Gasteiger partial charge in [0.1, 0.15) is 0 Å². The fourth-order valence-electron chi connectivity index (χ4n) is 3.50. The average molecular weight is 469 g/mol. The molecule has 24 heavy (non-hydrogen) atoms. The normalized spacial score (nSPS) is 20.2. The van der Waals surface area contributed by atoms with E-state index in [9.17, 15) is 0 Å². The lowest BCUT2D eigenvalue weighted by molar-refractivity contribution is 0.00102. The first-order valence-corrected chi connectivity index (χ1v) is 10.9. The molecule has 1 heterocycles. The number of thioether (sulfide) groups is 1. The number of halogens is 1. The van der Waals surface area contributed by atoms with Crippen molar-refractivity contribution in [1.82, 2.24) is 10.2 Å². The minimum Gasteiger partial charge on any atom is -0.378 e. The molecular weight excluding hydrogens is 433 g/mol. The fourth-order valence-corrected chi connectivity index (χ4v) is 3.92. The number of aliphatic imine (C=N–C) groups is 1. The van der Waals surface area contributed by atoms with E-state index in [2.05, 4.69) is 23.4 Å². The first-order valence-electron chi connectivity index (χ1n) is 9.47. The maximum Gasteiger partial charge on any atom is 0.193 e. The summed E-state index contributed by atoms with van der Waals surface area (Å²) in [6, 6.07) is 0. The second kappa shape index (κ2) is 13.5. The summed E-state index contributed by atoms with van der Waals surface area (Å²) in [6.07, 6.45) is 11.6. The van der Waals surface area contributed by atoms with Gasteiger partial charge in [-0.1, -0.05) is 12.8 Å². The zero-order valence-electron chi connectivity index (χ0n) is 15.5. The predicted molar refractivity (Wildman–Crippen MR) is 117 cm³/mol. The van der Waals surface area contributed by atoms with Gasteiger partial charge >= 0.3 is 0 Å². The number of piperidine rings is 1. The molecule has 0 aromatic carbocycles. The maximum absolute atomic E-state index is 6.18. The van der Waals surface area contributed by atoms with Crippen LogP contribution < -0.4 is 5.32 Å². The van der Waals surface area contributed by atoms with E-state index in [1.165, 1.54) is 31.4 Å². The molecule has 0 bridgehead atoms. The summed E-state index contributed by atoms with van der Waals surface area (Å²) in [6.45, 7) is 7.16. The van der Waals surface area contributed by atoms with Crippen molar-refractivity contribution in [3.05, 3.63) is 0 Å². The molecule has 0 atom stereocenters. The van der Waals surface area contributed by atoms with Crippen LogP contribution in [0.3, 0.4) is 0 Å². The van der Waals surface area contributed by atoms with Crippen LogP contribution in [0.5, 0.6) is 0 Å². The van der Waals surface area contributed by atoms with Crippen LogP contribution in [0.15, 0.2) is 4.99 Å². The molecule has 2 rings (SSSR count). The van der Waals surface area contributed by atoms with E-state index in [-0.39, 0.29) is 24.0 Å². The van der Waals surface area contributed by atoms with Crippen LogP contribution in [0.2, 0.25) is 0 Å². The van der Waals surface area contributed by atoms with Crippen molar-refractivity contribution in [2.45, 2.75) is 58.0 Å². The molecule has 0 radical (unpaired) electrons. The molecule has 0 amide bonds. The van der Waals surface area contributed by atoms with Gasteiger partial charge in [-0.25, -0.2) is 0 Å². The smallest absolute Gasteiger partial charge is 0.193 e. The summed E-state index contributed by atoms with van der Waals surface area (Å²) in [5, 5.41) is 3.45. The molecule has 4 nitrogen and oxygen atoms in total. The number of hydrogen-bond donors (Lipinski definition) is 1. The third-order valence-corrected chi connectivity index (χ3v) is 5.58. The lowest BCUT2D eigenvalue weighted by atomic mass is 10.1. The molecule has 142 valence electrons. The monoisotopic (exact) mass is 469 g/mol. The topological polar surface area (TPSA) is 36.9 Å². The summed E-state index contributed by atoms with van der Waals surface area (Å²) < 4.78 is 6.18. The van der Waals surface area contributed by atoms with E-state index in [4.69, 9.17) is 9.73 Å². The molecule has 1 aliphatic carbocycles. The maximum atomic E-state index is 6.18. The van der Waals surface area contributed by atoms with E-state index in [0.29, 0.717) is 6.10 Å². The van der Waals surface area contributed by atoms with Crippen LogP contribution in [0, 0.1) is 5.92 Å². The Balaban J connectivity index is 0.00000288. The van der Waals surface area contributed by atoms with Gasteiger partial charge in [-0.05, 0) is 57.0 Å². The molecule has 6 heteroatoms. The Morgan fingerprint density at radius 1 is 1.21 bits per heavy atom. The second-order valence-electron chi connectivity index (χ2n) is 6.75. The Labute approximate surface area is 170 Å². The van der Waals surface area contributed by atoms with Crippen molar-refractivity contribution in [2.75, 3.05) is 44.8 Å². The molecule has 1 aliphatic heterocycles. The summed E-state index contributed by atoms with van der Waals surface area (Å²) in [7, 11) is 0. The van der Waals surface area contributed by atoms with Gasteiger partial charge in [-0.15, -0.1) is 24.0 Å². The number of nitrogens with one attached hydrogen (secondary N) is 1. The van der Waals surface area contributed by atoms with Gasteiger partial charge in [0.25, 0.3) is 0 Å². The number of rotatable bonds is 8. The van der Waals surface area contributed by atoms with Gasteiger partial charge in [0.15, 0.2) is 5.96 Å². The number of likely N-dealkylation sites (tertiary alicyclic amines) is 1. The summed E-state index contributed by atoms with van der Waals surface area (Å²) >= 11 is 1.90. The van der Waals surface area contributed by atoms with Gasteiger partial charge in [0.05, 0.1) is 6.10 Å². The summed E-state index contributed by atoms with van der Waals surface area (Å²) in [4.78, 5) is 7.20. The fraction of sp³-hybridized carbons (Fsp3) is 0.944. The minimum absolute atomic E-state index is 0. The predicted octanol–water partition coefficient (Wildman–Crippen LogP) is 3.99. The average Bonchev–Trinajstić information content (AvgIpc) is 3.10. The highest BCUT2D eigenvalue weighted by molar-refractivity contribution is 14.0. The van der Waals surface area contributed by atoms with Crippen LogP contribution in [0.1, 0.15) is 51.9 Å². The molecule has 0 spiro atoms.